The van der Waals surface area contributed by atoms with Gasteiger partial charge in [-0.2, -0.15) is 0 Å². The van der Waals surface area contributed by atoms with E-state index in [1.54, 1.807) is 0 Å². The average Bonchev–Trinajstić information content (AvgIpc) is 2.75. The Morgan fingerprint density at radius 1 is 1.14 bits per heavy atom. The van der Waals surface area contributed by atoms with Crippen LogP contribution in [0.25, 0.3) is 0 Å². The lowest BCUT2D eigenvalue weighted by Gasteiger charge is -2.15. The van der Waals surface area contributed by atoms with Gasteiger partial charge in [0.25, 0.3) is 0 Å². The fourth-order valence-corrected chi connectivity index (χ4v) is 2.67. The van der Waals surface area contributed by atoms with Gasteiger partial charge < -0.3 is 5.73 Å². The summed E-state index contributed by atoms with van der Waals surface area (Å²) in [6.07, 6.45) is 0. The monoisotopic (exact) mass is 224 g/mol. The number of hydrogen-bond donors (Lipinski definition) is 1. The molecule has 2 aromatic heterocycles. The van der Waals surface area contributed by atoms with Crippen molar-refractivity contribution in [2.45, 2.75) is 0 Å². The molecule has 0 bridgehead atoms. The van der Waals surface area contributed by atoms with Gasteiger partial charge >= 0.3 is 6.03 Å². The lowest BCUT2D eigenvalue weighted by atomic mass is 10.5. The minimum atomic E-state index is -0.449. The quantitative estimate of drug-likeness (QED) is 0.837. The van der Waals surface area contributed by atoms with Crippen LogP contribution in [0.2, 0.25) is 0 Å². The van der Waals surface area contributed by atoms with E-state index < -0.39 is 6.03 Å². The first-order valence-electron chi connectivity index (χ1n) is 3.95. The highest BCUT2D eigenvalue weighted by atomic mass is 32.1. The first kappa shape index (κ1) is 9.23. The van der Waals surface area contributed by atoms with Crippen molar-refractivity contribution in [2.75, 3.05) is 4.90 Å². The maximum atomic E-state index is 11.3. The summed E-state index contributed by atoms with van der Waals surface area (Å²) >= 11 is 2.98. The van der Waals surface area contributed by atoms with Crippen LogP contribution < -0.4 is 10.6 Å². The molecule has 0 aliphatic heterocycles. The van der Waals surface area contributed by atoms with E-state index >= 15 is 0 Å². The smallest absolute Gasteiger partial charge is 0.325 e. The predicted molar refractivity (Wildman–Crippen MR) is 60.4 cm³/mol. The number of rotatable bonds is 2. The molecule has 2 aromatic rings. The number of primary amides is 1. The second-order valence-electron chi connectivity index (χ2n) is 2.58. The third-order valence-corrected chi connectivity index (χ3v) is 3.38. The molecule has 0 saturated heterocycles. The van der Waals surface area contributed by atoms with E-state index in [1.165, 1.54) is 27.6 Å². The van der Waals surface area contributed by atoms with Gasteiger partial charge in [-0.1, -0.05) is 0 Å². The van der Waals surface area contributed by atoms with Crippen LogP contribution in [0.3, 0.4) is 0 Å². The average molecular weight is 224 g/mol. The van der Waals surface area contributed by atoms with Crippen molar-refractivity contribution in [3.63, 3.8) is 0 Å². The standard InChI is InChI=1S/C9H8N2OS2/c10-9(12)11(7-3-1-5-13-7)8-4-2-6-14-8/h1-6H,(H2,10,12). The van der Waals surface area contributed by atoms with E-state index in [-0.39, 0.29) is 0 Å². The van der Waals surface area contributed by atoms with E-state index in [0.29, 0.717) is 0 Å². The molecule has 0 fully saturated rings. The molecule has 5 heteroatoms. The summed E-state index contributed by atoms with van der Waals surface area (Å²) in [4.78, 5) is 12.8. The van der Waals surface area contributed by atoms with Gasteiger partial charge in [-0.3, -0.25) is 0 Å². The van der Waals surface area contributed by atoms with Gasteiger partial charge in [0, 0.05) is 0 Å². The van der Waals surface area contributed by atoms with Gasteiger partial charge in [-0.15, -0.1) is 22.7 Å². The largest absolute Gasteiger partial charge is 0.351 e. The summed E-state index contributed by atoms with van der Waals surface area (Å²) in [7, 11) is 0. The lowest BCUT2D eigenvalue weighted by Crippen LogP contribution is -2.30. The molecular weight excluding hydrogens is 216 g/mol. The highest BCUT2D eigenvalue weighted by Crippen LogP contribution is 2.32. The molecule has 0 aliphatic rings. The van der Waals surface area contributed by atoms with Crippen molar-refractivity contribution in [2.24, 2.45) is 5.73 Å². The summed E-state index contributed by atoms with van der Waals surface area (Å²) < 4.78 is 0. The third-order valence-electron chi connectivity index (χ3n) is 1.67. The van der Waals surface area contributed by atoms with Crippen molar-refractivity contribution >= 4 is 38.7 Å². The van der Waals surface area contributed by atoms with Crippen LogP contribution in [0.5, 0.6) is 0 Å². The molecule has 0 radical (unpaired) electrons. The number of thiophene rings is 2. The second-order valence-corrected chi connectivity index (χ2v) is 4.43. The first-order chi connectivity index (χ1) is 6.79. The zero-order valence-corrected chi connectivity index (χ0v) is 8.85. The molecular formula is C9H8N2OS2. The summed E-state index contributed by atoms with van der Waals surface area (Å²) in [5, 5.41) is 5.53. The molecule has 2 heterocycles. The van der Waals surface area contributed by atoms with Crippen molar-refractivity contribution in [3.8, 4) is 0 Å². The van der Waals surface area contributed by atoms with Crippen LogP contribution in [0.15, 0.2) is 35.0 Å². The Bertz CT molecular complexity index is 374. The highest BCUT2D eigenvalue weighted by Gasteiger charge is 2.16. The van der Waals surface area contributed by atoms with Crippen LogP contribution in [0.4, 0.5) is 14.8 Å². The molecule has 0 atom stereocenters. The number of urea groups is 1. The number of nitrogens with zero attached hydrogens (tertiary/aromatic N) is 1. The number of amides is 2. The maximum Gasteiger partial charge on any atom is 0.325 e. The van der Waals surface area contributed by atoms with Gasteiger partial charge in [0.2, 0.25) is 0 Å². The molecule has 0 saturated carbocycles. The molecule has 2 amide bonds. The SMILES string of the molecule is NC(=O)N(c1cccs1)c1cccs1. The molecule has 0 aromatic carbocycles. The minimum Gasteiger partial charge on any atom is -0.351 e. The van der Waals surface area contributed by atoms with Crippen LogP contribution in [0.1, 0.15) is 0 Å². The fourth-order valence-electron chi connectivity index (χ4n) is 1.12. The summed E-state index contributed by atoms with van der Waals surface area (Å²) in [5.74, 6) is 0. The Hall–Kier alpha value is -1.33. The number of nitrogens with two attached hydrogens (primary N) is 1. The minimum absolute atomic E-state index is 0.449. The summed E-state index contributed by atoms with van der Waals surface area (Å²) in [5.41, 5.74) is 5.32. The molecule has 2 N–H and O–H groups in total. The van der Waals surface area contributed by atoms with Crippen molar-refractivity contribution in [3.05, 3.63) is 35.0 Å². The molecule has 0 unspecified atom stereocenters. The first-order valence-corrected chi connectivity index (χ1v) is 5.71. The van der Waals surface area contributed by atoms with Gasteiger partial charge in [-0.25, -0.2) is 9.69 Å². The summed E-state index contributed by atoms with van der Waals surface area (Å²) in [6.45, 7) is 0. The van der Waals surface area contributed by atoms with Crippen LogP contribution in [-0.2, 0) is 0 Å². The van der Waals surface area contributed by atoms with Gasteiger partial charge in [0.1, 0.15) is 10.0 Å². The Morgan fingerprint density at radius 3 is 1.93 bits per heavy atom. The van der Waals surface area contributed by atoms with E-state index in [2.05, 4.69) is 0 Å². The Balaban J connectivity index is 2.40. The second kappa shape index (κ2) is 3.81. The summed E-state index contributed by atoms with van der Waals surface area (Å²) in [6, 6.07) is 7.08. The van der Waals surface area contributed by atoms with Crippen molar-refractivity contribution in [1.29, 1.82) is 0 Å². The maximum absolute atomic E-state index is 11.3. The molecule has 0 aliphatic carbocycles. The molecule has 72 valence electrons. The molecule has 14 heavy (non-hydrogen) atoms. The topological polar surface area (TPSA) is 46.3 Å². The molecule has 2 rings (SSSR count). The number of hydrogen-bond acceptors (Lipinski definition) is 3. The molecule has 3 nitrogen and oxygen atoms in total. The fraction of sp³-hybridized carbons (Fsp3) is 0. The zero-order chi connectivity index (χ0) is 9.97. The van der Waals surface area contributed by atoms with Crippen LogP contribution in [-0.4, -0.2) is 6.03 Å². The van der Waals surface area contributed by atoms with Crippen LogP contribution >= 0.6 is 22.7 Å². The van der Waals surface area contributed by atoms with E-state index in [0.717, 1.165) is 10.0 Å². The van der Waals surface area contributed by atoms with Crippen LogP contribution in [0, 0.1) is 0 Å². The number of carbonyl (C=O) groups excluding carboxylic acids is 1. The van der Waals surface area contributed by atoms with Crippen molar-refractivity contribution < 1.29 is 4.79 Å². The third kappa shape index (κ3) is 1.64. The zero-order valence-electron chi connectivity index (χ0n) is 7.21. The Kier molecular flexibility index (Phi) is 2.51. The van der Waals surface area contributed by atoms with Gasteiger partial charge in [0.15, 0.2) is 0 Å². The normalized spacial score (nSPS) is 10.0. The van der Waals surface area contributed by atoms with Crippen molar-refractivity contribution in [1.82, 2.24) is 0 Å². The number of carbonyl (C=O) groups is 1. The van der Waals surface area contributed by atoms with E-state index in [4.69, 9.17) is 5.73 Å². The van der Waals surface area contributed by atoms with Gasteiger partial charge in [-0.05, 0) is 35.0 Å². The Labute approximate surface area is 89.4 Å². The van der Waals surface area contributed by atoms with E-state index in [9.17, 15) is 4.79 Å². The highest BCUT2D eigenvalue weighted by molar-refractivity contribution is 7.16. The Morgan fingerprint density at radius 2 is 1.64 bits per heavy atom. The van der Waals surface area contributed by atoms with E-state index in [1.807, 2.05) is 35.0 Å². The van der Waals surface area contributed by atoms with Gasteiger partial charge in [0.05, 0.1) is 0 Å². The molecule has 0 spiro atoms. The predicted octanol–water partition coefficient (Wildman–Crippen LogP) is 3.03. The lowest BCUT2D eigenvalue weighted by molar-refractivity contribution is 0.256. The number of anilines is 2.